The second kappa shape index (κ2) is 4.74. The number of aliphatic hydroxyl groups is 1. The van der Waals surface area contributed by atoms with Gasteiger partial charge in [0.05, 0.1) is 12.9 Å². The van der Waals surface area contributed by atoms with Gasteiger partial charge in [-0.05, 0) is 25.0 Å². The molecule has 2 saturated heterocycles. The Morgan fingerprint density at radius 1 is 1.39 bits per heavy atom. The lowest BCUT2D eigenvalue weighted by Crippen LogP contribution is -2.56. The first-order chi connectivity index (χ1) is 8.79. The van der Waals surface area contributed by atoms with Gasteiger partial charge in [-0.2, -0.15) is 0 Å². The highest BCUT2D eigenvalue weighted by molar-refractivity contribution is 5.92. The van der Waals surface area contributed by atoms with Gasteiger partial charge in [-0.3, -0.25) is 9.69 Å². The Kier molecular flexibility index (Phi) is 3.09. The Labute approximate surface area is 106 Å². The molecule has 2 unspecified atom stereocenters. The molecule has 0 saturated carbocycles. The van der Waals surface area contributed by atoms with Crippen LogP contribution >= 0.6 is 0 Å². The predicted octanol–water partition coefficient (Wildman–Crippen LogP) is 0.561. The number of rotatable bonds is 3. The van der Waals surface area contributed by atoms with Crippen molar-refractivity contribution in [2.45, 2.75) is 24.9 Å². The summed E-state index contributed by atoms with van der Waals surface area (Å²) in [5.74, 6) is 0.443. The van der Waals surface area contributed by atoms with E-state index in [4.69, 9.17) is 9.52 Å². The highest BCUT2D eigenvalue weighted by atomic mass is 16.3. The number of furan rings is 1. The average Bonchev–Trinajstić information content (AvgIpc) is 2.97. The summed E-state index contributed by atoms with van der Waals surface area (Å²) in [6.07, 6.45) is 3.65. The van der Waals surface area contributed by atoms with E-state index in [1.807, 2.05) is 4.90 Å². The topological polar surface area (TPSA) is 56.9 Å². The average molecular weight is 250 g/mol. The minimum Gasteiger partial charge on any atom is -0.459 e. The number of amides is 1. The van der Waals surface area contributed by atoms with Crippen LogP contribution in [0.1, 0.15) is 23.4 Å². The second-order valence-electron chi connectivity index (χ2n) is 5.06. The molecular weight excluding hydrogens is 232 g/mol. The number of carbonyl (C=O) groups excluding carboxylic acids is 1. The van der Waals surface area contributed by atoms with Gasteiger partial charge in [0, 0.05) is 31.7 Å². The van der Waals surface area contributed by atoms with Crippen LogP contribution in [-0.2, 0) is 0 Å². The number of hydrogen-bond acceptors (Lipinski definition) is 4. The number of piperazine rings is 1. The number of nitrogens with zero attached hydrogens (tertiary/aromatic N) is 2. The molecule has 98 valence electrons. The summed E-state index contributed by atoms with van der Waals surface area (Å²) in [6, 6.07) is 4.01. The Morgan fingerprint density at radius 2 is 2.11 bits per heavy atom. The number of fused-ring (bicyclic) bond motifs is 2. The van der Waals surface area contributed by atoms with Gasteiger partial charge >= 0.3 is 0 Å². The van der Waals surface area contributed by atoms with Crippen LogP contribution in [0.4, 0.5) is 0 Å². The number of aliphatic hydroxyl groups excluding tert-OH is 1. The molecule has 1 N–H and O–H groups in total. The quantitative estimate of drug-likeness (QED) is 0.851. The van der Waals surface area contributed by atoms with E-state index in [0.29, 0.717) is 12.3 Å². The summed E-state index contributed by atoms with van der Waals surface area (Å²) in [6.45, 7) is 2.62. The highest BCUT2D eigenvalue weighted by Gasteiger charge is 2.43. The first-order valence-electron chi connectivity index (χ1n) is 6.49. The van der Waals surface area contributed by atoms with E-state index in [1.54, 1.807) is 12.1 Å². The second-order valence-corrected chi connectivity index (χ2v) is 5.06. The largest absolute Gasteiger partial charge is 0.459 e. The van der Waals surface area contributed by atoms with Crippen molar-refractivity contribution in [1.82, 2.24) is 9.80 Å². The first-order valence-corrected chi connectivity index (χ1v) is 6.49. The normalized spacial score (nSPS) is 27.7. The Hall–Kier alpha value is -1.33. The van der Waals surface area contributed by atoms with Crippen molar-refractivity contribution < 1.29 is 14.3 Å². The summed E-state index contributed by atoms with van der Waals surface area (Å²) in [7, 11) is 0. The molecule has 0 aromatic carbocycles. The maximum Gasteiger partial charge on any atom is 0.290 e. The maximum atomic E-state index is 12.4. The molecule has 1 aromatic heterocycles. The Bertz CT molecular complexity index is 404. The Balaban J connectivity index is 1.74. The SMILES string of the molecule is O=C(c1ccco1)N1C2CCC1CN(CCO)C2. The smallest absolute Gasteiger partial charge is 0.290 e. The molecule has 2 aliphatic rings. The van der Waals surface area contributed by atoms with Gasteiger partial charge in [-0.1, -0.05) is 0 Å². The molecule has 2 bridgehead atoms. The van der Waals surface area contributed by atoms with Crippen molar-refractivity contribution in [3.63, 3.8) is 0 Å². The van der Waals surface area contributed by atoms with Gasteiger partial charge in [0.25, 0.3) is 5.91 Å². The lowest BCUT2D eigenvalue weighted by molar-refractivity contribution is 0.0360. The summed E-state index contributed by atoms with van der Waals surface area (Å²) in [4.78, 5) is 16.6. The molecule has 5 heteroatoms. The van der Waals surface area contributed by atoms with Crippen molar-refractivity contribution in [3.05, 3.63) is 24.2 Å². The van der Waals surface area contributed by atoms with Gasteiger partial charge in [0.1, 0.15) is 0 Å². The zero-order chi connectivity index (χ0) is 12.5. The van der Waals surface area contributed by atoms with Crippen LogP contribution in [-0.4, -0.2) is 59.1 Å². The third-order valence-corrected chi connectivity index (χ3v) is 3.94. The third kappa shape index (κ3) is 1.93. The summed E-state index contributed by atoms with van der Waals surface area (Å²) >= 11 is 0. The summed E-state index contributed by atoms with van der Waals surface area (Å²) < 4.78 is 5.20. The number of β-amino-alcohol motifs (C(OH)–C–C–N with tert-alkyl or cyclic N) is 1. The van der Waals surface area contributed by atoms with Gasteiger partial charge in [0.2, 0.25) is 0 Å². The molecular formula is C13H18N2O3. The first kappa shape index (κ1) is 11.7. The lowest BCUT2D eigenvalue weighted by Gasteiger charge is -2.40. The van der Waals surface area contributed by atoms with E-state index in [0.717, 1.165) is 25.9 Å². The van der Waals surface area contributed by atoms with E-state index >= 15 is 0 Å². The fraction of sp³-hybridized carbons (Fsp3) is 0.615. The van der Waals surface area contributed by atoms with Crippen molar-refractivity contribution in [3.8, 4) is 0 Å². The molecule has 1 amide bonds. The zero-order valence-electron chi connectivity index (χ0n) is 10.3. The Morgan fingerprint density at radius 3 is 2.67 bits per heavy atom. The van der Waals surface area contributed by atoms with Crippen LogP contribution in [0.25, 0.3) is 0 Å². The number of likely N-dealkylation sites (tertiary alicyclic amines) is 1. The molecule has 1 aromatic rings. The third-order valence-electron chi connectivity index (χ3n) is 3.94. The number of hydrogen-bond donors (Lipinski definition) is 1. The molecule has 3 rings (SSSR count). The van der Waals surface area contributed by atoms with Crippen LogP contribution in [0, 0.1) is 0 Å². The summed E-state index contributed by atoms with van der Waals surface area (Å²) in [5, 5.41) is 9.00. The lowest BCUT2D eigenvalue weighted by atomic mass is 10.1. The van der Waals surface area contributed by atoms with Gasteiger partial charge in [-0.25, -0.2) is 0 Å². The zero-order valence-corrected chi connectivity index (χ0v) is 10.3. The predicted molar refractivity (Wildman–Crippen MR) is 65.2 cm³/mol. The molecule has 2 fully saturated rings. The van der Waals surface area contributed by atoms with Crippen molar-refractivity contribution >= 4 is 5.91 Å². The van der Waals surface area contributed by atoms with Crippen LogP contribution in [0.2, 0.25) is 0 Å². The van der Waals surface area contributed by atoms with E-state index in [2.05, 4.69) is 4.90 Å². The van der Waals surface area contributed by atoms with Crippen LogP contribution < -0.4 is 0 Å². The van der Waals surface area contributed by atoms with E-state index in [9.17, 15) is 4.79 Å². The van der Waals surface area contributed by atoms with E-state index in [1.165, 1.54) is 6.26 Å². The fourth-order valence-corrected chi connectivity index (χ4v) is 3.17. The van der Waals surface area contributed by atoms with E-state index in [-0.39, 0.29) is 24.6 Å². The number of carbonyl (C=O) groups is 1. The molecule has 2 atom stereocenters. The van der Waals surface area contributed by atoms with Gasteiger partial charge in [0.15, 0.2) is 5.76 Å². The minimum absolute atomic E-state index is 0.0103. The minimum atomic E-state index is 0.0103. The van der Waals surface area contributed by atoms with E-state index < -0.39 is 0 Å². The monoisotopic (exact) mass is 250 g/mol. The molecule has 18 heavy (non-hydrogen) atoms. The molecule has 2 aliphatic heterocycles. The van der Waals surface area contributed by atoms with Crippen molar-refractivity contribution in [2.24, 2.45) is 0 Å². The molecule has 5 nitrogen and oxygen atoms in total. The van der Waals surface area contributed by atoms with Crippen LogP contribution in [0.15, 0.2) is 22.8 Å². The van der Waals surface area contributed by atoms with Gasteiger partial charge < -0.3 is 14.4 Å². The maximum absolute atomic E-state index is 12.4. The standard InChI is InChI=1S/C13H18N2O3/c16-6-5-14-8-10-3-4-11(9-14)15(10)13(17)12-2-1-7-18-12/h1-2,7,10-11,16H,3-6,8-9H2. The molecule has 0 spiro atoms. The van der Waals surface area contributed by atoms with Crippen molar-refractivity contribution in [1.29, 1.82) is 0 Å². The molecule has 0 aliphatic carbocycles. The fourth-order valence-electron chi connectivity index (χ4n) is 3.17. The van der Waals surface area contributed by atoms with Crippen LogP contribution in [0.5, 0.6) is 0 Å². The summed E-state index contributed by atoms with van der Waals surface area (Å²) in [5.41, 5.74) is 0. The van der Waals surface area contributed by atoms with Gasteiger partial charge in [-0.15, -0.1) is 0 Å². The highest BCUT2D eigenvalue weighted by Crippen LogP contribution is 2.31. The molecule has 3 heterocycles. The van der Waals surface area contributed by atoms with Crippen molar-refractivity contribution in [2.75, 3.05) is 26.2 Å². The van der Waals surface area contributed by atoms with Crippen LogP contribution in [0.3, 0.4) is 0 Å². The molecule has 0 radical (unpaired) electrons.